The maximum Gasteiger partial charge on any atom is 0.323 e. The molecule has 1 aliphatic rings. The fourth-order valence-electron chi connectivity index (χ4n) is 2.21. The molecule has 1 fully saturated rings. The second kappa shape index (κ2) is 6.47. The van der Waals surface area contributed by atoms with Crippen LogP contribution in [0.5, 0.6) is 0 Å². The molecule has 0 aliphatic carbocycles. The minimum Gasteiger partial charge on any atom is -0.480 e. The number of carbonyl (C=O) groups is 2. The standard InChI is InChI=1S/C12H22N2O3/c1-3-10-5-7-14(8-6-10)12(17)13(4-2)9-11(15)16/h10H,3-9H2,1-2H3,(H,15,16). The summed E-state index contributed by atoms with van der Waals surface area (Å²) in [6, 6.07) is -0.135. The van der Waals surface area contributed by atoms with Gasteiger partial charge < -0.3 is 14.9 Å². The van der Waals surface area contributed by atoms with Crippen molar-refractivity contribution in [2.24, 2.45) is 5.92 Å². The Labute approximate surface area is 102 Å². The summed E-state index contributed by atoms with van der Waals surface area (Å²) < 4.78 is 0. The molecule has 0 spiro atoms. The molecule has 0 atom stereocenters. The van der Waals surface area contributed by atoms with Crippen LogP contribution in [-0.4, -0.2) is 53.1 Å². The van der Waals surface area contributed by atoms with E-state index in [1.54, 1.807) is 11.8 Å². The first-order valence-corrected chi connectivity index (χ1v) is 6.34. The normalized spacial score (nSPS) is 16.9. The summed E-state index contributed by atoms with van der Waals surface area (Å²) in [6.07, 6.45) is 3.23. The molecule has 0 aromatic rings. The van der Waals surface area contributed by atoms with Gasteiger partial charge in [-0.05, 0) is 25.7 Å². The van der Waals surface area contributed by atoms with E-state index in [0.717, 1.165) is 32.4 Å². The van der Waals surface area contributed by atoms with Crippen LogP contribution in [0, 0.1) is 5.92 Å². The van der Waals surface area contributed by atoms with Crippen molar-refractivity contribution in [1.29, 1.82) is 0 Å². The Bertz CT molecular complexity index is 273. The number of hydrogen-bond donors (Lipinski definition) is 1. The van der Waals surface area contributed by atoms with Gasteiger partial charge in [-0.2, -0.15) is 0 Å². The van der Waals surface area contributed by atoms with E-state index in [1.165, 1.54) is 4.90 Å². The van der Waals surface area contributed by atoms with Crippen LogP contribution in [-0.2, 0) is 4.79 Å². The van der Waals surface area contributed by atoms with E-state index in [4.69, 9.17) is 5.11 Å². The topological polar surface area (TPSA) is 60.9 Å². The van der Waals surface area contributed by atoms with Gasteiger partial charge in [0.25, 0.3) is 0 Å². The van der Waals surface area contributed by atoms with Crippen LogP contribution in [0.3, 0.4) is 0 Å². The fraction of sp³-hybridized carbons (Fsp3) is 0.833. The minimum absolute atomic E-state index is 0.135. The summed E-state index contributed by atoms with van der Waals surface area (Å²) in [7, 11) is 0. The lowest BCUT2D eigenvalue weighted by molar-refractivity contribution is -0.137. The number of urea groups is 1. The van der Waals surface area contributed by atoms with Gasteiger partial charge in [0, 0.05) is 19.6 Å². The van der Waals surface area contributed by atoms with Crippen molar-refractivity contribution >= 4 is 12.0 Å². The molecule has 0 aromatic heterocycles. The molecule has 0 aromatic carbocycles. The molecule has 1 N–H and O–H groups in total. The predicted molar refractivity (Wildman–Crippen MR) is 64.9 cm³/mol. The van der Waals surface area contributed by atoms with E-state index in [-0.39, 0.29) is 12.6 Å². The third-order valence-corrected chi connectivity index (χ3v) is 3.44. The molecule has 0 radical (unpaired) electrons. The number of aliphatic carboxylic acids is 1. The number of carboxylic acid groups (broad SMARTS) is 1. The van der Waals surface area contributed by atoms with Crippen molar-refractivity contribution in [3.63, 3.8) is 0 Å². The Hall–Kier alpha value is -1.26. The van der Waals surface area contributed by atoms with E-state index in [0.29, 0.717) is 12.5 Å². The molecule has 2 amide bonds. The van der Waals surface area contributed by atoms with E-state index < -0.39 is 5.97 Å². The number of amides is 2. The molecule has 1 aliphatic heterocycles. The predicted octanol–water partition coefficient (Wildman–Crippen LogP) is 1.63. The summed E-state index contributed by atoms with van der Waals surface area (Å²) in [6.45, 7) is 5.73. The molecule has 5 heteroatoms. The van der Waals surface area contributed by atoms with E-state index in [1.807, 2.05) is 0 Å². The zero-order valence-electron chi connectivity index (χ0n) is 10.7. The zero-order chi connectivity index (χ0) is 12.8. The lowest BCUT2D eigenvalue weighted by atomic mass is 9.95. The molecule has 1 saturated heterocycles. The van der Waals surface area contributed by atoms with Gasteiger partial charge in [-0.25, -0.2) is 4.79 Å². The molecule has 98 valence electrons. The molecule has 17 heavy (non-hydrogen) atoms. The van der Waals surface area contributed by atoms with Crippen LogP contribution in [0.1, 0.15) is 33.1 Å². The number of likely N-dealkylation sites (tertiary alicyclic amines) is 1. The number of carbonyl (C=O) groups excluding carboxylic acids is 1. The molecule has 0 bridgehead atoms. The molecular formula is C12H22N2O3. The Balaban J connectivity index is 2.48. The second-order valence-electron chi connectivity index (χ2n) is 4.53. The van der Waals surface area contributed by atoms with Crippen LogP contribution in [0.2, 0.25) is 0 Å². The monoisotopic (exact) mass is 242 g/mol. The number of rotatable bonds is 4. The fourth-order valence-corrected chi connectivity index (χ4v) is 2.21. The van der Waals surface area contributed by atoms with Crippen LogP contribution in [0.15, 0.2) is 0 Å². The number of piperidine rings is 1. The van der Waals surface area contributed by atoms with Gasteiger partial charge in [-0.15, -0.1) is 0 Å². The Morgan fingerprint density at radius 3 is 2.29 bits per heavy atom. The van der Waals surface area contributed by atoms with Crippen molar-refractivity contribution in [3.8, 4) is 0 Å². The largest absolute Gasteiger partial charge is 0.480 e. The first-order chi connectivity index (χ1) is 8.08. The van der Waals surface area contributed by atoms with Crippen molar-refractivity contribution in [2.45, 2.75) is 33.1 Å². The summed E-state index contributed by atoms with van der Waals surface area (Å²) in [4.78, 5) is 25.9. The van der Waals surface area contributed by atoms with E-state index in [9.17, 15) is 9.59 Å². The summed E-state index contributed by atoms with van der Waals surface area (Å²) in [5, 5.41) is 8.73. The second-order valence-corrected chi connectivity index (χ2v) is 4.53. The lowest BCUT2D eigenvalue weighted by Gasteiger charge is -2.34. The molecule has 1 heterocycles. The number of likely N-dealkylation sites (N-methyl/N-ethyl adjacent to an activating group) is 1. The highest BCUT2D eigenvalue weighted by molar-refractivity contribution is 5.80. The minimum atomic E-state index is -0.955. The quantitative estimate of drug-likeness (QED) is 0.815. The van der Waals surface area contributed by atoms with Gasteiger partial charge in [-0.1, -0.05) is 13.3 Å². The Morgan fingerprint density at radius 1 is 1.29 bits per heavy atom. The third kappa shape index (κ3) is 3.91. The first kappa shape index (κ1) is 13.8. The molecule has 1 rings (SSSR count). The van der Waals surface area contributed by atoms with E-state index in [2.05, 4.69) is 6.92 Å². The van der Waals surface area contributed by atoms with Gasteiger partial charge in [0.05, 0.1) is 0 Å². The van der Waals surface area contributed by atoms with Gasteiger partial charge in [-0.3, -0.25) is 4.79 Å². The summed E-state index contributed by atoms with van der Waals surface area (Å²) in [5.41, 5.74) is 0. The van der Waals surface area contributed by atoms with Crippen LogP contribution < -0.4 is 0 Å². The average molecular weight is 242 g/mol. The van der Waals surface area contributed by atoms with Gasteiger partial charge in [0.15, 0.2) is 0 Å². The van der Waals surface area contributed by atoms with Gasteiger partial charge in [0.1, 0.15) is 6.54 Å². The van der Waals surface area contributed by atoms with Gasteiger partial charge in [0.2, 0.25) is 0 Å². The maximum absolute atomic E-state index is 12.0. The molecule has 0 unspecified atom stereocenters. The summed E-state index contributed by atoms with van der Waals surface area (Å²) in [5.74, 6) is -0.239. The van der Waals surface area contributed by atoms with Crippen molar-refractivity contribution in [1.82, 2.24) is 9.80 Å². The first-order valence-electron chi connectivity index (χ1n) is 6.34. The van der Waals surface area contributed by atoms with E-state index >= 15 is 0 Å². The van der Waals surface area contributed by atoms with Crippen molar-refractivity contribution < 1.29 is 14.7 Å². The van der Waals surface area contributed by atoms with Crippen molar-refractivity contribution in [3.05, 3.63) is 0 Å². The highest BCUT2D eigenvalue weighted by atomic mass is 16.4. The van der Waals surface area contributed by atoms with Crippen molar-refractivity contribution in [2.75, 3.05) is 26.2 Å². The highest BCUT2D eigenvalue weighted by Gasteiger charge is 2.25. The zero-order valence-corrected chi connectivity index (χ0v) is 10.7. The smallest absolute Gasteiger partial charge is 0.323 e. The Morgan fingerprint density at radius 2 is 1.88 bits per heavy atom. The van der Waals surface area contributed by atoms with Crippen LogP contribution in [0.4, 0.5) is 4.79 Å². The SMILES string of the molecule is CCC1CCN(C(=O)N(CC)CC(=O)O)CC1. The maximum atomic E-state index is 12.0. The molecule has 0 saturated carbocycles. The van der Waals surface area contributed by atoms with Gasteiger partial charge >= 0.3 is 12.0 Å². The number of hydrogen-bond acceptors (Lipinski definition) is 2. The lowest BCUT2D eigenvalue weighted by Crippen LogP contribution is -2.48. The number of carboxylic acids is 1. The molecule has 5 nitrogen and oxygen atoms in total. The average Bonchev–Trinajstić information content (AvgIpc) is 2.35. The molecular weight excluding hydrogens is 220 g/mol. The number of nitrogens with zero attached hydrogens (tertiary/aromatic N) is 2. The highest BCUT2D eigenvalue weighted by Crippen LogP contribution is 2.20. The van der Waals surface area contributed by atoms with Crippen LogP contribution >= 0.6 is 0 Å². The Kier molecular flexibility index (Phi) is 5.25. The summed E-state index contributed by atoms with van der Waals surface area (Å²) >= 11 is 0. The third-order valence-electron chi connectivity index (χ3n) is 3.44. The van der Waals surface area contributed by atoms with Crippen LogP contribution in [0.25, 0.3) is 0 Å².